The molecule has 2 aromatic carbocycles. The first-order valence-electron chi connectivity index (χ1n) is 10.5. The molecule has 4 rings (SSSR count). The molecule has 0 fully saturated rings. The van der Waals surface area contributed by atoms with Crippen molar-refractivity contribution in [2.24, 2.45) is 4.99 Å². The molecule has 3 aromatic rings. The number of ether oxygens (including phenoxy) is 1. The van der Waals surface area contributed by atoms with Gasteiger partial charge < -0.3 is 4.74 Å². The fourth-order valence-corrected chi connectivity index (χ4v) is 5.68. The number of thiazole rings is 1. The van der Waals surface area contributed by atoms with Gasteiger partial charge in [0.25, 0.3) is 5.56 Å². The van der Waals surface area contributed by atoms with E-state index in [1.807, 2.05) is 30.5 Å². The van der Waals surface area contributed by atoms with Gasteiger partial charge in [0.05, 0.1) is 27.9 Å². The first kappa shape index (κ1) is 24.8. The number of halogens is 2. The molecule has 0 aliphatic carbocycles. The fourth-order valence-electron chi connectivity index (χ4n) is 3.74. The number of aromatic nitrogens is 1. The predicted molar refractivity (Wildman–Crippen MR) is 140 cm³/mol. The van der Waals surface area contributed by atoms with Crippen LogP contribution in [0.1, 0.15) is 37.9 Å². The number of fused-ring (bicyclic) bond motifs is 1. The van der Waals surface area contributed by atoms with Crippen LogP contribution in [-0.4, -0.2) is 22.9 Å². The number of nitrogens with zero attached hydrogens (tertiary/aromatic N) is 2. The molecule has 5 nitrogen and oxygen atoms in total. The van der Waals surface area contributed by atoms with E-state index >= 15 is 0 Å². The number of allylic oxidation sites excluding steroid dienone is 1. The molecule has 0 radical (unpaired) electrons. The van der Waals surface area contributed by atoms with Gasteiger partial charge in [-0.15, -0.1) is 11.8 Å². The SMILES string of the molecule is CSc1ccc(C2C(C(=O)OC(C)C)=C(C)N=c3sc(=Cc4c(Cl)cccc4Cl)c(=O)n32)cc1. The lowest BCUT2D eigenvalue weighted by Gasteiger charge is -2.25. The minimum atomic E-state index is -0.665. The van der Waals surface area contributed by atoms with Crippen LogP contribution < -0.4 is 14.9 Å². The largest absolute Gasteiger partial charge is 0.459 e. The molecule has 1 unspecified atom stereocenters. The predicted octanol–water partition coefficient (Wildman–Crippen LogP) is 5.22. The average Bonchev–Trinajstić information content (AvgIpc) is 3.09. The van der Waals surface area contributed by atoms with Gasteiger partial charge in [0, 0.05) is 20.5 Å². The lowest BCUT2D eigenvalue weighted by Crippen LogP contribution is -2.40. The van der Waals surface area contributed by atoms with Crippen LogP contribution in [0.15, 0.2) is 68.4 Å². The van der Waals surface area contributed by atoms with E-state index in [0.717, 1.165) is 10.5 Å². The second-order valence-electron chi connectivity index (χ2n) is 7.94. The first-order chi connectivity index (χ1) is 16.2. The Kier molecular flexibility index (Phi) is 7.38. The molecule has 1 aliphatic rings. The van der Waals surface area contributed by atoms with Crippen LogP contribution in [0, 0.1) is 0 Å². The van der Waals surface area contributed by atoms with Crippen LogP contribution in [0.3, 0.4) is 0 Å². The summed E-state index contributed by atoms with van der Waals surface area (Å²) >= 11 is 15.5. The Morgan fingerprint density at radius 2 is 1.82 bits per heavy atom. The highest BCUT2D eigenvalue weighted by Gasteiger charge is 2.33. The summed E-state index contributed by atoms with van der Waals surface area (Å²) in [6.07, 6.45) is 3.36. The van der Waals surface area contributed by atoms with Gasteiger partial charge in [0.15, 0.2) is 4.80 Å². The van der Waals surface area contributed by atoms with Crippen LogP contribution in [0.5, 0.6) is 0 Å². The minimum absolute atomic E-state index is 0.277. The summed E-state index contributed by atoms with van der Waals surface area (Å²) in [4.78, 5) is 33.0. The molecule has 176 valence electrons. The Morgan fingerprint density at radius 3 is 2.41 bits per heavy atom. The van der Waals surface area contributed by atoms with Gasteiger partial charge in [-0.2, -0.15) is 0 Å². The maximum absolute atomic E-state index is 13.7. The van der Waals surface area contributed by atoms with E-state index in [2.05, 4.69) is 4.99 Å². The van der Waals surface area contributed by atoms with Crippen LogP contribution in [0.2, 0.25) is 10.0 Å². The quantitative estimate of drug-likeness (QED) is 0.334. The number of carbonyl (C=O) groups is 1. The lowest BCUT2D eigenvalue weighted by atomic mass is 9.96. The van der Waals surface area contributed by atoms with Gasteiger partial charge in [-0.05, 0) is 62.9 Å². The zero-order chi connectivity index (χ0) is 24.6. The summed E-state index contributed by atoms with van der Waals surface area (Å²) in [7, 11) is 0. The normalized spacial score (nSPS) is 16.0. The summed E-state index contributed by atoms with van der Waals surface area (Å²) in [6.45, 7) is 5.35. The summed E-state index contributed by atoms with van der Waals surface area (Å²) in [5.41, 5.74) is 1.95. The van der Waals surface area contributed by atoms with Gasteiger partial charge >= 0.3 is 5.97 Å². The topological polar surface area (TPSA) is 60.7 Å². The minimum Gasteiger partial charge on any atom is -0.459 e. The number of hydrogen-bond donors (Lipinski definition) is 0. The lowest BCUT2D eigenvalue weighted by molar-refractivity contribution is -0.143. The van der Waals surface area contributed by atoms with Gasteiger partial charge in [0.1, 0.15) is 0 Å². The number of esters is 1. The second kappa shape index (κ2) is 10.1. The second-order valence-corrected chi connectivity index (χ2v) is 10.6. The number of benzene rings is 2. The maximum atomic E-state index is 13.7. The van der Waals surface area contributed by atoms with Crippen LogP contribution in [0.4, 0.5) is 0 Å². The molecule has 0 amide bonds. The third kappa shape index (κ3) is 4.75. The van der Waals surface area contributed by atoms with Crippen molar-refractivity contribution in [3.05, 3.63) is 94.6 Å². The molecule has 1 aliphatic heterocycles. The molecule has 1 aromatic heterocycles. The molecular formula is C25H22Cl2N2O3S2. The Hall–Kier alpha value is -2.32. The van der Waals surface area contributed by atoms with E-state index in [1.54, 1.807) is 61.4 Å². The van der Waals surface area contributed by atoms with Gasteiger partial charge in [-0.1, -0.05) is 52.7 Å². The van der Waals surface area contributed by atoms with E-state index in [-0.39, 0.29) is 11.7 Å². The van der Waals surface area contributed by atoms with Gasteiger partial charge in [-0.3, -0.25) is 9.36 Å². The Bertz CT molecular complexity index is 1450. The number of hydrogen-bond acceptors (Lipinski definition) is 6. The van der Waals surface area contributed by atoms with E-state index in [1.165, 1.54) is 11.3 Å². The smallest absolute Gasteiger partial charge is 0.338 e. The van der Waals surface area contributed by atoms with Crippen molar-refractivity contribution in [3.8, 4) is 0 Å². The van der Waals surface area contributed by atoms with Crippen LogP contribution in [0.25, 0.3) is 6.08 Å². The molecular weight excluding hydrogens is 511 g/mol. The third-order valence-electron chi connectivity index (χ3n) is 5.29. The molecule has 34 heavy (non-hydrogen) atoms. The zero-order valence-electron chi connectivity index (χ0n) is 19.0. The molecule has 1 atom stereocenters. The summed E-state index contributed by atoms with van der Waals surface area (Å²) in [5, 5.41) is 0.889. The molecule has 2 heterocycles. The molecule has 9 heteroatoms. The molecule has 0 spiro atoms. The average molecular weight is 534 g/mol. The van der Waals surface area contributed by atoms with Crippen LogP contribution >= 0.6 is 46.3 Å². The van der Waals surface area contributed by atoms with Gasteiger partial charge in [-0.25, -0.2) is 9.79 Å². The highest BCUT2D eigenvalue weighted by molar-refractivity contribution is 7.98. The monoisotopic (exact) mass is 532 g/mol. The van der Waals surface area contributed by atoms with Crippen molar-refractivity contribution in [2.75, 3.05) is 6.26 Å². The number of rotatable bonds is 5. The highest BCUT2D eigenvalue weighted by atomic mass is 35.5. The van der Waals surface area contributed by atoms with Gasteiger partial charge in [0.2, 0.25) is 0 Å². The Morgan fingerprint density at radius 1 is 1.18 bits per heavy atom. The first-order valence-corrected chi connectivity index (χ1v) is 13.3. The van der Waals surface area contributed by atoms with E-state index < -0.39 is 12.0 Å². The molecule has 0 bridgehead atoms. The highest BCUT2D eigenvalue weighted by Crippen LogP contribution is 2.32. The Balaban J connectivity index is 1.97. The van der Waals surface area contributed by atoms with Crippen molar-refractivity contribution in [1.29, 1.82) is 0 Å². The van der Waals surface area contributed by atoms with Crippen molar-refractivity contribution >= 4 is 58.3 Å². The van der Waals surface area contributed by atoms with Crippen molar-refractivity contribution in [2.45, 2.75) is 37.8 Å². The zero-order valence-corrected chi connectivity index (χ0v) is 22.1. The summed E-state index contributed by atoms with van der Waals surface area (Å²) < 4.78 is 7.51. The maximum Gasteiger partial charge on any atom is 0.338 e. The van der Waals surface area contributed by atoms with E-state index in [0.29, 0.717) is 36.2 Å². The van der Waals surface area contributed by atoms with Crippen LogP contribution in [-0.2, 0) is 9.53 Å². The molecule has 0 saturated heterocycles. The Labute approximate surface area is 215 Å². The van der Waals surface area contributed by atoms with E-state index in [4.69, 9.17) is 27.9 Å². The van der Waals surface area contributed by atoms with Crippen molar-refractivity contribution in [3.63, 3.8) is 0 Å². The number of carbonyl (C=O) groups excluding carboxylic acids is 1. The molecule has 0 saturated carbocycles. The summed E-state index contributed by atoms with van der Waals surface area (Å²) in [6, 6.07) is 12.3. The molecule has 0 N–H and O–H groups in total. The fraction of sp³-hybridized carbons (Fsp3) is 0.240. The van der Waals surface area contributed by atoms with Crippen molar-refractivity contribution < 1.29 is 9.53 Å². The van der Waals surface area contributed by atoms with Crippen molar-refractivity contribution in [1.82, 2.24) is 4.57 Å². The third-order valence-corrected chi connectivity index (χ3v) is 7.68. The van der Waals surface area contributed by atoms with E-state index in [9.17, 15) is 9.59 Å². The number of thioether (sulfide) groups is 1. The standard InChI is InChI=1S/C25H22Cl2N2O3S2/c1-13(2)32-24(31)21-14(3)28-25-29(22(21)15-8-10-16(33-4)11-9-15)23(30)20(34-25)12-17-18(26)6-5-7-19(17)27/h5-13,22H,1-4H3. The summed E-state index contributed by atoms with van der Waals surface area (Å²) in [5.74, 6) is -0.487.